The number of carbonyl (C=O) groups excluding carboxylic acids is 2. The second-order valence-electron chi connectivity index (χ2n) is 5.27. The predicted molar refractivity (Wildman–Crippen MR) is 100 cm³/mol. The summed E-state index contributed by atoms with van der Waals surface area (Å²) in [6, 6.07) is 3.45. The Balaban J connectivity index is 2.25. The van der Waals surface area contributed by atoms with Gasteiger partial charge in [-0.05, 0) is 36.6 Å². The first-order valence-corrected chi connectivity index (χ1v) is 8.89. The number of carboxylic acid groups (broad SMARTS) is 1. The standard InChI is InChI=1S/C17H19NO6S2/c1-22-11-7-10(8-12(23-2)15(11)24-3)9-13-16(21)18(17(25)26-13)6-4-5-14(19)20/h7-9H,4-6H2,1-3H3,(H,19,20)/p-1/b13-9+. The number of amides is 1. The Labute approximate surface area is 160 Å². The topological polar surface area (TPSA) is 88.1 Å². The van der Waals surface area contributed by atoms with Crippen molar-refractivity contribution in [3.63, 3.8) is 0 Å². The SMILES string of the molecule is COc1cc(/C=C2/SC(=S)N(CCCC(=O)[O-])C2=O)cc(OC)c1OC. The Morgan fingerprint density at radius 2 is 1.85 bits per heavy atom. The Morgan fingerprint density at radius 3 is 2.35 bits per heavy atom. The van der Waals surface area contributed by atoms with Crippen LogP contribution in [0.25, 0.3) is 6.08 Å². The van der Waals surface area contributed by atoms with E-state index in [1.54, 1.807) is 18.2 Å². The highest BCUT2D eigenvalue weighted by atomic mass is 32.2. The van der Waals surface area contributed by atoms with Gasteiger partial charge in [-0.1, -0.05) is 24.0 Å². The van der Waals surface area contributed by atoms with E-state index in [-0.39, 0.29) is 25.3 Å². The fourth-order valence-electron chi connectivity index (χ4n) is 2.41. The molecule has 0 bridgehead atoms. The first-order chi connectivity index (χ1) is 12.4. The number of benzene rings is 1. The lowest BCUT2D eigenvalue weighted by molar-refractivity contribution is -0.305. The molecule has 26 heavy (non-hydrogen) atoms. The molecule has 7 nitrogen and oxygen atoms in total. The first-order valence-electron chi connectivity index (χ1n) is 7.66. The molecule has 2 rings (SSSR count). The van der Waals surface area contributed by atoms with Gasteiger partial charge in [0.25, 0.3) is 5.91 Å². The van der Waals surface area contributed by atoms with Crippen LogP contribution >= 0.6 is 24.0 Å². The number of ether oxygens (including phenoxy) is 3. The Kier molecular flexibility index (Phi) is 6.87. The van der Waals surface area contributed by atoms with Gasteiger partial charge in [0.2, 0.25) is 5.75 Å². The summed E-state index contributed by atoms with van der Waals surface area (Å²) in [5, 5.41) is 10.5. The normalized spacial score (nSPS) is 15.5. The zero-order valence-corrected chi connectivity index (χ0v) is 16.2. The van der Waals surface area contributed by atoms with Gasteiger partial charge in [0.15, 0.2) is 11.5 Å². The molecule has 0 saturated carbocycles. The lowest BCUT2D eigenvalue weighted by Gasteiger charge is -2.14. The molecule has 1 amide bonds. The van der Waals surface area contributed by atoms with E-state index in [4.69, 9.17) is 26.4 Å². The molecule has 0 N–H and O–H groups in total. The monoisotopic (exact) mass is 396 g/mol. The van der Waals surface area contributed by atoms with Crippen molar-refractivity contribution >= 4 is 46.3 Å². The summed E-state index contributed by atoms with van der Waals surface area (Å²) in [7, 11) is 4.54. The molecule has 0 unspecified atom stereocenters. The molecule has 0 aromatic heterocycles. The van der Waals surface area contributed by atoms with Crippen LogP contribution in [0, 0.1) is 0 Å². The van der Waals surface area contributed by atoms with Gasteiger partial charge in [0, 0.05) is 12.5 Å². The molecule has 140 valence electrons. The van der Waals surface area contributed by atoms with Gasteiger partial charge in [-0.2, -0.15) is 0 Å². The van der Waals surface area contributed by atoms with Gasteiger partial charge in [-0.25, -0.2) is 0 Å². The molecule has 0 spiro atoms. The molecule has 1 aliphatic rings. The van der Waals surface area contributed by atoms with E-state index in [2.05, 4.69) is 0 Å². The maximum absolute atomic E-state index is 12.5. The number of aliphatic carboxylic acids is 1. The number of rotatable bonds is 8. The highest BCUT2D eigenvalue weighted by Crippen LogP contribution is 2.40. The number of hydrogen-bond acceptors (Lipinski definition) is 8. The molecule has 0 radical (unpaired) electrons. The quantitative estimate of drug-likeness (QED) is 0.482. The van der Waals surface area contributed by atoms with E-state index in [1.165, 1.54) is 38.0 Å². The third-order valence-electron chi connectivity index (χ3n) is 3.62. The van der Waals surface area contributed by atoms with E-state index in [9.17, 15) is 14.7 Å². The van der Waals surface area contributed by atoms with Crippen LogP contribution in [-0.2, 0) is 9.59 Å². The van der Waals surface area contributed by atoms with Gasteiger partial charge in [-0.15, -0.1) is 0 Å². The summed E-state index contributed by atoms with van der Waals surface area (Å²) in [5.41, 5.74) is 0.690. The van der Waals surface area contributed by atoms with Crippen LogP contribution in [0.2, 0.25) is 0 Å². The van der Waals surface area contributed by atoms with Crippen molar-refractivity contribution < 1.29 is 28.9 Å². The summed E-state index contributed by atoms with van der Waals surface area (Å²) >= 11 is 6.39. The fraction of sp³-hybridized carbons (Fsp3) is 0.353. The van der Waals surface area contributed by atoms with E-state index >= 15 is 0 Å². The molecule has 1 saturated heterocycles. The summed E-state index contributed by atoms with van der Waals surface area (Å²) in [4.78, 5) is 24.9. The molecule has 1 aliphatic heterocycles. The highest BCUT2D eigenvalue weighted by molar-refractivity contribution is 8.26. The van der Waals surface area contributed by atoms with E-state index in [0.717, 1.165) is 0 Å². The average Bonchev–Trinajstić information content (AvgIpc) is 2.87. The molecule has 0 atom stereocenters. The number of thiocarbonyl (C=S) groups is 1. The van der Waals surface area contributed by atoms with Crippen molar-refractivity contribution in [3.05, 3.63) is 22.6 Å². The highest BCUT2D eigenvalue weighted by Gasteiger charge is 2.31. The second kappa shape index (κ2) is 8.91. The van der Waals surface area contributed by atoms with Crippen LogP contribution in [0.3, 0.4) is 0 Å². The fourth-order valence-corrected chi connectivity index (χ4v) is 3.72. The Hall–Kier alpha value is -2.26. The van der Waals surface area contributed by atoms with E-state index in [0.29, 0.717) is 32.0 Å². The van der Waals surface area contributed by atoms with Crippen molar-refractivity contribution in [2.45, 2.75) is 12.8 Å². The lowest BCUT2D eigenvalue weighted by atomic mass is 10.1. The number of hydrogen-bond donors (Lipinski definition) is 0. The van der Waals surface area contributed by atoms with Gasteiger partial charge >= 0.3 is 0 Å². The van der Waals surface area contributed by atoms with Gasteiger partial charge in [-0.3, -0.25) is 9.69 Å². The third-order valence-corrected chi connectivity index (χ3v) is 5.00. The first kappa shape index (κ1) is 20.1. The molecule has 1 aromatic carbocycles. The van der Waals surface area contributed by atoms with Crippen molar-refractivity contribution in [2.24, 2.45) is 0 Å². The summed E-state index contributed by atoms with van der Waals surface area (Å²) in [6.07, 6.45) is 1.84. The van der Waals surface area contributed by atoms with E-state index < -0.39 is 5.97 Å². The summed E-state index contributed by atoms with van der Waals surface area (Å²) in [5.74, 6) is 0.00237. The lowest BCUT2D eigenvalue weighted by Crippen LogP contribution is -2.30. The smallest absolute Gasteiger partial charge is 0.266 e. The Morgan fingerprint density at radius 1 is 1.23 bits per heavy atom. The number of carbonyl (C=O) groups is 2. The molecule has 1 heterocycles. The molecular weight excluding hydrogens is 378 g/mol. The van der Waals surface area contributed by atoms with Crippen molar-refractivity contribution in [2.75, 3.05) is 27.9 Å². The van der Waals surface area contributed by atoms with Crippen LogP contribution in [0.15, 0.2) is 17.0 Å². The van der Waals surface area contributed by atoms with Crippen molar-refractivity contribution in [3.8, 4) is 17.2 Å². The minimum absolute atomic E-state index is 0.122. The number of methoxy groups -OCH3 is 3. The zero-order valence-electron chi connectivity index (χ0n) is 14.6. The second-order valence-corrected chi connectivity index (χ2v) is 6.94. The number of carboxylic acids is 1. The minimum atomic E-state index is -1.15. The predicted octanol–water partition coefficient (Wildman–Crippen LogP) is 1.44. The van der Waals surface area contributed by atoms with Crippen LogP contribution in [0.4, 0.5) is 0 Å². The zero-order chi connectivity index (χ0) is 19.3. The van der Waals surface area contributed by atoms with Gasteiger partial charge in [0.1, 0.15) is 4.32 Å². The molecule has 1 aromatic rings. The van der Waals surface area contributed by atoms with E-state index in [1.807, 2.05) is 0 Å². The summed E-state index contributed by atoms with van der Waals surface area (Å²) in [6.45, 7) is 0.241. The maximum Gasteiger partial charge on any atom is 0.266 e. The molecule has 9 heteroatoms. The average molecular weight is 396 g/mol. The number of thioether (sulfide) groups is 1. The molecule has 1 fully saturated rings. The van der Waals surface area contributed by atoms with Crippen LogP contribution in [0.1, 0.15) is 18.4 Å². The van der Waals surface area contributed by atoms with Crippen molar-refractivity contribution in [1.82, 2.24) is 4.90 Å². The minimum Gasteiger partial charge on any atom is -0.550 e. The molecular formula is C17H18NO6S2-. The Bertz CT molecular complexity index is 737. The molecule has 0 aliphatic carbocycles. The maximum atomic E-state index is 12.5. The third kappa shape index (κ3) is 4.47. The summed E-state index contributed by atoms with van der Waals surface area (Å²) < 4.78 is 16.3. The van der Waals surface area contributed by atoms with Crippen molar-refractivity contribution in [1.29, 1.82) is 0 Å². The van der Waals surface area contributed by atoms with Gasteiger partial charge in [0.05, 0.1) is 26.2 Å². The van der Waals surface area contributed by atoms with Crippen LogP contribution in [-0.4, -0.2) is 49.0 Å². The largest absolute Gasteiger partial charge is 0.550 e. The number of nitrogens with zero attached hydrogens (tertiary/aromatic N) is 1. The van der Waals surface area contributed by atoms with Crippen LogP contribution in [0.5, 0.6) is 17.2 Å². The van der Waals surface area contributed by atoms with Gasteiger partial charge < -0.3 is 24.1 Å². The van der Waals surface area contributed by atoms with Crippen LogP contribution < -0.4 is 19.3 Å².